The Morgan fingerprint density at radius 1 is 0.850 bits per heavy atom. The molecule has 1 aliphatic heterocycles. The molecule has 0 unspecified atom stereocenters. The lowest BCUT2D eigenvalue weighted by molar-refractivity contribution is -0.274. The second kappa shape index (κ2) is 12.8. The standard InChI is InChI=1S/C31H36F3NO5/c1-4-19-39-25-9-5-22(6-10-25)21-35-17-15-24(16-18-35)30(36,28-14-13-27(37-2)20-29(28)38-3)23-7-11-26(12-8-23)40-31(32,33)34/h5-14,20,24,36H,4,15-19,21H2,1-3H3/t30-/m1/s1. The lowest BCUT2D eigenvalue weighted by Crippen LogP contribution is -2.44. The van der Waals surface area contributed by atoms with E-state index in [0.717, 1.165) is 31.8 Å². The average molecular weight is 560 g/mol. The Bertz CT molecular complexity index is 1230. The third-order valence-electron chi connectivity index (χ3n) is 7.33. The van der Waals surface area contributed by atoms with Gasteiger partial charge in [-0.3, -0.25) is 4.90 Å². The molecule has 0 amide bonds. The summed E-state index contributed by atoms with van der Waals surface area (Å²) in [6.07, 6.45) is -2.50. The molecular weight excluding hydrogens is 523 g/mol. The average Bonchev–Trinajstić information content (AvgIpc) is 2.96. The van der Waals surface area contributed by atoms with Crippen LogP contribution in [0.25, 0.3) is 0 Å². The number of nitrogens with zero attached hydrogens (tertiary/aromatic N) is 1. The second-order valence-corrected chi connectivity index (χ2v) is 9.95. The molecule has 1 heterocycles. The van der Waals surface area contributed by atoms with Gasteiger partial charge in [-0.25, -0.2) is 0 Å². The fraction of sp³-hybridized carbons (Fsp3) is 0.419. The summed E-state index contributed by atoms with van der Waals surface area (Å²) in [5, 5.41) is 12.4. The molecule has 0 spiro atoms. The molecule has 40 heavy (non-hydrogen) atoms. The highest BCUT2D eigenvalue weighted by molar-refractivity contribution is 5.50. The molecule has 3 aromatic carbocycles. The van der Waals surface area contributed by atoms with Crippen LogP contribution in [-0.4, -0.2) is 50.3 Å². The molecule has 4 rings (SSSR count). The van der Waals surface area contributed by atoms with Crippen molar-refractivity contribution in [3.05, 3.63) is 83.4 Å². The Kier molecular flexibility index (Phi) is 9.48. The second-order valence-electron chi connectivity index (χ2n) is 9.95. The van der Waals surface area contributed by atoms with Crippen LogP contribution in [0.3, 0.4) is 0 Å². The quantitative estimate of drug-likeness (QED) is 0.288. The molecule has 0 bridgehead atoms. The third-order valence-corrected chi connectivity index (χ3v) is 7.33. The molecule has 3 aromatic rings. The molecule has 6 nitrogen and oxygen atoms in total. The van der Waals surface area contributed by atoms with E-state index in [0.29, 0.717) is 42.1 Å². The molecule has 216 valence electrons. The van der Waals surface area contributed by atoms with Gasteiger partial charge in [-0.2, -0.15) is 0 Å². The first-order chi connectivity index (χ1) is 19.2. The summed E-state index contributed by atoms with van der Waals surface area (Å²) in [6.45, 7) is 5.02. The Labute approximate surface area is 233 Å². The summed E-state index contributed by atoms with van der Waals surface area (Å²) in [7, 11) is 3.06. The number of halogens is 3. The van der Waals surface area contributed by atoms with Crippen molar-refractivity contribution in [3.8, 4) is 23.0 Å². The fourth-order valence-corrected chi connectivity index (χ4v) is 5.31. The summed E-state index contributed by atoms with van der Waals surface area (Å²) >= 11 is 0. The summed E-state index contributed by atoms with van der Waals surface area (Å²) in [6, 6.07) is 18.7. The maximum Gasteiger partial charge on any atom is 0.573 e. The van der Waals surface area contributed by atoms with Crippen molar-refractivity contribution in [1.82, 2.24) is 4.90 Å². The molecule has 9 heteroatoms. The predicted octanol–water partition coefficient (Wildman–Crippen LogP) is 6.54. The molecule has 0 radical (unpaired) electrons. The van der Waals surface area contributed by atoms with E-state index in [1.165, 1.54) is 36.9 Å². The summed E-state index contributed by atoms with van der Waals surface area (Å²) < 4.78 is 59.0. The van der Waals surface area contributed by atoms with Crippen LogP contribution in [0, 0.1) is 5.92 Å². The van der Waals surface area contributed by atoms with Gasteiger partial charge in [-0.15, -0.1) is 13.2 Å². The number of likely N-dealkylation sites (tertiary alicyclic amines) is 1. The number of ether oxygens (including phenoxy) is 4. The van der Waals surface area contributed by atoms with Gasteiger partial charge in [-0.1, -0.05) is 31.2 Å². The van der Waals surface area contributed by atoms with Gasteiger partial charge in [0.25, 0.3) is 0 Å². The van der Waals surface area contributed by atoms with Gasteiger partial charge in [0.1, 0.15) is 28.6 Å². The maximum absolute atomic E-state index is 12.8. The number of piperidine rings is 1. The van der Waals surface area contributed by atoms with Gasteiger partial charge in [0, 0.05) is 18.2 Å². The van der Waals surface area contributed by atoms with E-state index in [-0.39, 0.29) is 11.7 Å². The number of alkyl halides is 3. The van der Waals surface area contributed by atoms with E-state index in [4.69, 9.17) is 14.2 Å². The zero-order valence-corrected chi connectivity index (χ0v) is 23.0. The van der Waals surface area contributed by atoms with E-state index < -0.39 is 12.0 Å². The van der Waals surface area contributed by atoms with E-state index in [9.17, 15) is 18.3 Å². The van der Waals surface area contributed by atoms with Gasteiger partial charge < -0.3 is 24.1 Å². The van der Waals surface area contributed by atoms with Crippen LogP contribution in [-0.2, 0) is 12.1 Å². The molecule has 0 aromatic heterocycles. The van der Waals surface area contributed by atoms with E-state index in [1.807, 2.05) is 12.1 Å². The highest BCUT2D eigenvalue weighted by Crippen LogP contribution is 2.46. The maximum atomic E-state index is 12.8. The molecule has 0 saturated carbocycles. The fourth-order valence-electron chi connectivity index (χ4n) is 5.31. The molecule has 1 N–H and O–H groups in total. The summed E-state index contributed by atoms with van der Waals surface area (Å²) in [5.74, 6) is 1.30. The molecule has 1 saturated heterocycles. The number of benzene rings is 3. The predicted molar refractivity (Wildman–Crippen MR) is 146 cm³/mol. The Hall–Kier alpha value is -3.43. The normalized spacial score (nSPS) is 16.3. The van der Waals surface area contributed by atoms with Gasteiger partial charge >= 0.3 is 6.36 Å². The van der Waals surface area contributed by atoms with Crippen LogP contribution < -0.4 is 18.9 Å². The zero-order valence-electron chi connectivity index (χ0n) is 23.0. The minimum absolute atomic E-state index is 0.217. The Morgan fingerprint density at radius 2 is 1.48 bits per heavy atom. The molecule has 0 aliphatic carbocycles. The number of rotatable bonds is 11. The highest BCUT2D eigenvalue weighted by atomic mass is 19.4. The lowest BCUT2D eigenvalue weighted by Gasteiger charge is -2.42. The van der Waals surface area contributed by atoms with E-state index in [1.54, 1.807) is 25.3 Å². The van der Waals surface area contributed by atoms with E-state index >= 15 is 0 Å². The third kappa shape index (κ3) is 7.01. The van der Waals surface area contributed by atoms with Crippen LogP contribution in [0.4, 0.5) is 13.2 Å². The smallest absolute Gasteiger partial charge is 0.497 e. The molecule has 1 fully saturated rings. The van der Waals surface area contributed by atoms with Crippen molar-refractivity contribution < 1.29 is 37.2 Å². The van der Waals surface area contributed by atoms with Gasteiger partial charge in [0.2, 0.25) is 0 Å². The minimum Gasteiger partial charge on any atom is -0.497 e. The van der Waals surface area contributed by atoms with Crippen LogP contribution >= 0.6 is 0 Å². The van der Waals surface area contributed by atoms with Gasteiger partial charge in [0.05, 0.1) is 20.8 Å². The van der Waals surface area contributed by atoms with Crippen molar-refractivity contribution in [2.45, 2.75) is 44.7 Å². The van der Waals surface area contributed by atoms with Gasteiger partial charge in [0.15, 0.2) is 0 Å². The van der Waals surface area contributed by atoms with Crippen molar-refractivity contribution in [1.29, 1.82) is 0 Å². The van der Waals surface area contributed by atoms with Crippen molar-refractivity contribution in [3.63, 3.8) is 0 Å². The largest absolute Gasteiger partial charge is 0.573 e. The monoisotopic (exact) mass is 559 g/mol. The number of aliphatic hydroxyl groups is 1. The first-order valence-electron chi connectivity index (χ1n) is 13.4. The number of hydrogen-bond acceptors (Lipinski definition) is 6. The van der Waals surface area contributed by atoms with E-state index in [2.05, 4.69) is 28.7 Å². The molecule has 1 aliphatic rings. The van der Waals surface area contributed by atoms with Crippen molar-refractivity contribution in [2.75, 3.05) is 33.9 Å². The summed E-state index contributed by atoms with van der Waals surface area (Å²) in [5.41, 5.74) is 0.654. The minimum atomic E-state index is -4.80. The van der Waals surface area contributed by atoms with Crippen LogP contribution in [0.15, 0.2) is 66.7 Å². The SMILES string of the molecule is CCCOc1ccc(CN2CCC([C@](O)(c3ccc(OC(F)(F)F)cc3)c3ccc(OC)cc3OC)CC2)cc1. The van der Waals surface area contributed by atoms with Crippen LogP contribution in [0.5, 0.6) is 23.0 Å². The number of hydrogen-bond donors (Lipinski definition) is 1. The van der Waals surface area contributed by atoms with Crippen molar-refractivity contribution in [2.24, 2.45) is 5.92 Å². The molecular formula is C31H36F3NO5. The topological polar surface area (TPSA) is 60.4 Å². The first-order valence-corrected chi connectivity index (χ1v) is 13.4. The Morgan fingerprint density at radius 3 is 2.05 bits per heavy atom. The van der Waals surface area contributed by atoms with Crippen molar-refractivity contribution >= 4 is 0 Å². The Balaban J connectivity index is 1.57. The number of methoxy groups -OCH3 is 2. The molecule has 1 atom stereocenters. The lowest BCUT2D eigenvalue weighted by atomic mass is 9.71. The zero-order chi connectivity index (χ0) is 28.8. The van der Waals surface area contributed by atoms with Crippen LogP contribution in [0.1, 0.15) is 42.9 Å². The van der Waals surface area contributed by atoms with Gasteiger partial charge in [-0.05, 0) is 85.8 Å². The highest BCUT2D eigenvalue weighted by Gasteiger charge is 2.44. The summed E-state index contributed by atoms with van der Waals surface area (Å²) in [4.78, 5) is 2.34. The van der Waals surface area contributed by atoms with Crippen LogP contribution in [0.2, 0.25) is 0 Å². The first kappa shape index (κ1) is 29.6.